The van der Waals surface area contributed by atoms with Crippen molar-refractivity contribution in [1.82, 2.24) is 15.5 Å². The number of hydrogen-bond acceptors (Lipinski definition) is 4. The van der Waals surface area contributed by atoms with Gasteiger partial charge in [0.05, 0.1) is 12.0 Å². The van der Waals surface area contributed by atoms with Crippen LogP contribution in [0.4, 0.5) is 0 Å². The Labute approximate surface area is 121 Å². The van der Waals surface area contributed by atoms with Crippen LogP contribution in [-0.2, 0) is 4.79 Å². The number of piperidine rings is 1. The van der Waals surface area contributed by atoms with E-state index in [1.807, 2.05) is 0 Å². The standard InChI is InChI=1S/C15H26N4O/c1-3-18-15(10-16,13-6-7-13)11-19-8-4-5-12(9-19)14(20)17-2/h12-13,18H,3-9,11H2,1-2H3,(H,17,20). The first-order chi connectivity index (χ1) is 9.65. The maximum Gasteiger partial charge on any atom is 0.224 e. The van der Waals surface area contributed by atoms with E-state index in [1.54, 1.807) is 7.05 Å². The van der Waals surface area contributed by atoms with Crippen LogP contribution in [0.25, 0.3) is 0 Å². The zero-order valence-electron chi connectivity index (χ0n) is 12.6. The number of amides is 1. The van der Waals surface area contributed by atoms with Crippen LogP contribution in [0.15, 0.2) is 0 Å². The normalized spacial score (nSPS) is 26.6. The highest BCUT2D eigenvalue weighted by atomic mass is 16.1. The highest BCUT2D eigenvalue weighted by molar-refractivity contribution is 5.78. The molecular formula is C15H26N4O. The van der Waals surface area contributed by atoms with Crippen LogP contribution in [-0.4, -0.2) is 49.6 Å². The van der Waals surface area contributed by atoms with E-state index in [2.05, 4.69) is 28.5 Å². The molecule has 0 spiro atoms. The third-order valence-corrected chi connectivity index (χ3v) is 4.56. The number of nitrogens with zero attached hydrogens (tertiary/aromatic N) is 2. The number of likely N-dealkylation sites (tertiary alicyclic amines) is 1. The van der Waals surface area contributed by atoms with E-state index in [9.17, 15) is 10.1 Å². The molecule has 1 aliphatic heterocycles. The van der Waals surface area contributed by atoms with Crippen LogP contribution < -0.4 is 10.6 Å². The second kappa shape index (κ2) is 6.55. The molecule has 0 aromatic rings. The van der Waals surface area contributed by atoms with Gasteiger partial charge in [-0.25, -0.2) is 0 Å². The van der Waals surface area contributed by atoms with Crippen LogP contribution in [0.3, 0.4) is 0 Å². The fraction of sp³-hybridized carbons (Fsp3) is 0.867. The molecule has 2 rings (SSSR count). The summed E-state index contributed by atoms with van der Waals surface area (Å²) >= 11 is 0. The lowest BCUT2D eigenvalue weighted by atomic mass is 9.91. The molecule has 2 aliphatic rings. The van der Waals surface area contributed by atoms with Crippen molar-refractivity contribution in [2.24, 2.45) is 11.8 Å². The van der Waals surface area contributed by atoms with Crippen molar-refractivity contribution < 1.29 is 4.79 Å². The molecule has 112 valence electrons. The van der Waals surface area contributed by atoms with Crippen LogP contribution >= 0.6 is 0 Å². The molecule has 1 saturated heterocycles. The molecule has 1 amide bonds. The number of rotatable bonds is 6. The zero-order valence-corrected chi connectivity index (χ0v) is 12.6. The molecule has 0 aromatic heterocycles. The van der Waals surface area contributed by atoms with Gasteiger partial charge in [-0.2, -0.15) is 5.26 Å². The smallest absolute Gasteiger partial charge is 0.224 e. The van der Waals surface area contributed by atoms with Crippen LogP contribution in [0.2, 0.25) is 0 Å². The Kier molecular flexibility index (Phi) is 5.00. The van der Waals surface area contributed by atoms with Crippen molar-refractivity contribution in [2.45, 2.75) is 38.1 Å². The van der Waals surface area contributed by atoms with Gasteiger partial charge in [0.2, 0.25) is 5.91 Å². The van der Waals surface area contributed by atoms with E-state index in [4.69, 9.17) is 0 Å². The van der Waals surface area contributed by atoms with E-state index >= 15 is 0 Å². The summed E-state index contributed by atoms with van der Waals surface area (Å²) in [5.41, 5.74) is -0.417. The first-order valence-corrected chi connectivity index (χ1v) is 7.75. The van der Waals surface area contributed by atoms with Crippen LogP contribution in [0.5, 0.6) is 0 Å². The third kappa shape index (κ3) is 3.31. The molecule has 0 radical (unpaired) electrons. The van der Waals surface area contributed by atoms with Gasteiger partial charge < -0.3 is 5.32 Å². The lowest BCUT2D eigenvalue weighted by Gasteiger charge is -2.38. The number of likely N-dealkylation sites (N-methyl/N-ethyl adjacent to an activating group) is 1. The van der Waals surface area contributed by atoms with Gasteiger partial charge in [0.25, 0.3) is 0 Å². The molecule has 1 aliphatic carbocycles. The maximum atomic E-state index is 11.8. The maximum absolute atomic E-state index is 11.8. The fourth-order valence-corrected chi connectivity index (χ4v) is 3.36. The van der Waals surface area contributed by atoms with Crippen LogP contribution in [0, 0.1) is 23.2 Å². The monoisotopic (exact) mass is 278 g/mol. The second-order valence-corrected chi connectivity index (χ2v) is 6.08. The van der Waals surface area contributed by atoms with Gasteiger partial charge in [-0.1, -0.05) is 6.92 Å². The third-order valence-electron chi connectivity index (χ3n) is 4.56. The lowest BCUT2D eigenvalue weighted by molar-refractivity contribution is -0.126. The zero-order chi connectivity index (χ0) is 14.6. The van der Waals surface area contributed by atoms with Crippen molar-refractivity contribution in [1.29, 1.82) is 5.26 Å². The Bertz CT molecular complexity index is 388. The number of nitriles is 1. The summed E-state index contributed by atoms with van der Waals surface area (Å²) in [7, 11) is 1.70. The summed E-state index contributed by atoms with van der Waals surface area (Å²) in [6.07, 6.45) is 4.29. The van der Waals surface area contributed by atoms with Crippen molar-refractivity contribution in [2.75, 3.05) is 33.2 Å². The molecule has 2 atom stereocenters. The van der Waals surface area contributed by atoms with Crippen molar-refractivity contribution in [3.8, 4) is 6.07 Å². The van der Waals surface area contributed by atoms with Gasteiger partial charge in [-0.15, -0.1) is 0 Å². The number of carbonyl (C=O) groups is 1. The van der Waals surface area contributed by atoms with Gasteiger partial charge in [-0.05, 0) is 44.7 Å². The molecule has 2 fully saturated rings. The van der Waals surface area contributed by atoms with Crippen molar-refractivity contribution >= 4 is 5.91 Å². The lowest BCUT2D eigenvalue weighted by Crippen LogP contribution is -2.56. The van der Waals surface area contributed by atoms with Gasteiger partial charge in [0.15, 0.2) is 0 Å². The minimum Gasteiger partial charge on any atom is -0.359 e. The van der Waals surface area contributed by atoms with Gasteiger partial charge in [0, 0.05) is 20.1 Å². The minimum absolute atomic E-state index is 0.0750. The fourth-order valence-electron chi connectivity index (χ4n) is 3.36. The largest absolute Gasteiger partial charge is 0.359 e. The molecule has 5 nitrogen and oxygen atoms in total. The Morgan fingerprint density at radius 2 is 2.20 bits per heavy atom. The minimum atomic E-state index is -0.417. The highest BCUT2D eigenvalue weighted by Crippen LogP contribution is 2.40. The number of hydrogen-bond donors (Lipinski definition) is 2. The Balaban J connectivity index is 1.99. The Morgan fingerprint density at radius 1 is 1.45 bits per heavy atom. The predicted molar refractivity (Wildman–Crippen MR) is 78.0 cm³/mol. The first kappa shape index (κ1) is 15.3. The summed E-state index contributed by atoms with van der Waals surface area (Å²) in [5.74, 6) is 0.686. The van der Waals surface area contributed by atoms with E-state index in [0.717, 1.165) is 51.9 Å². The van der Waals surface area contributed by atoms with E-state index < -0.39 is 5.54 Å². The van der Waals surface area contributed by atoms with E-state index in [0.29, 0.717) is 5.92 Å². The van der Waals surface area contributed by atoms with Crippen molar-refractivity contribution in [3.63, 3.8) is 0 Å². The molecule has 0 aromatic carbocycles. The van der Waals surface area contributed by atoms with E-state index in [1.165, 1.54) is 0 Å². The van der Waals surface area contributed by atoms with E-state index in [-0.39, 0.29) is 11.8 Å². The average Bonchev–Trinajstić information content (AvgIpc) is 3.31. The van der Waals surface area contributed by atoms with Crippen LogP contribution in [0.1, 0.15) is 32.6 Å². The van der Waals surface area contributed by atoms with Gasteiger partial charge in [0.1, 0.15) is 5.54 Å². The number of carbonyl (C=O) groups excluding carboxylic acids is 1. The van der Waals surface area contributed by atoms with Crippen molar-refractivity contribution in [3.05, 3.63) is 0 Å². The summed E-state index contributed by atoms with van der Waals surface area (Å²) in [5, 5.41) is 15.8. The summed E-state index contributed by atoms with van der Waals surface area (Å²) in [6, 6.07) is 2.53. The van der Waals surface area contributed by atoms with Gasteiger partial charge >= 0.3 is 0 Å². The molecule has 2 N–H and O–H groups in total. The average molecular weight is 278 g/mol. The first-order valence-electron chi connectivity index (χ1n) is 7.75. The topological polar surface area (TPSA) is 68.2 Å². The molecule has 5 heteroatoms. The highest BCUT2D eigenvalue weighted by Gasteiger charge is 2.46. The SMILES string of the molecule is CCNC(C#N)(CN1CCCC(C(=O)NC)C1)C1CC1. The second-order valence-electron chi connectivity index (χ2n) is 6.08. The molecule has 1 heterocycles. The summed E-state index contributed by atoms with van der Waals surface area (Å²) in [6.45, 7) is 5.39. The molecule has 20 heavy (non-hydrogen) atoms. The van der Waals surface area contributed by atoms with Gasteiger partial charge in [-0.3, -0.25) is 15.0 Å². The summed E-state index contributed by atoms with van der Waals surface area (Å²) < 4.78 is 0. The molecule has 0 bridgehead atoms. The quantitative estimate of drug-likeness (QED) is 0.751. The summed E-state index contributed by atoms with van der Waals surface area (Å²) in [4.78, 5) is 14.1. The Morgan fingerprint density at radius 3 is 2.75 bits per heavy atom. The Hall–Kier alpha value is -1.12. The molecule has 1 saturated carbocycles. The molecule has 2 unspecified atom stereocenters. The predicted octanol–water partition coefficient (Wildman–Crippen LogP) is 0.726. The number of nitrogens with one attached hydrogen (secondary N) is 2. The molecular weight excluding hydrogens is 252 g/mol.